The van der Waals surface area contributed by atoms with Crippen LogP contribution in [-0.4, -0.2) is 10.9 Å². The van der Waals surface area contributed by atoms with E-state index in [1.165, 1.54) is 12.1 Å². The molecule has 3 heteroatoms. The highest BCUT2D eigenvalue weighted by atomic mass is 16.1. The molecule has 1 aromatic rings. The van der Waals surface area contributed by atoms with Gasteiger partial charge in [-0.05, 0) is 30.2 Å². The van der Waals surface area contributed by atoms with E-state index in [1.54, 1.807) is 6.20 Å². The second-order valence-corrected chi connectivity index (χ2v) is 4.86. The lowest BCUT2D eigenvalue weighted by atomic mass is 9.75. The minimum Gasteiger partial charge on any atom is -0.366 e. The highest BCUT2D eigenvalue weighted by molar-refractivity contribution is 5.94. The first kappa shape index (κ1) is 9.31. The molecule has 76 valence electrons. The molecule has 1 aromatic heterocycles. The Kier molecular flexibility index (Phi) is 1.91. The lowest BCUT2D eigenvalue weighted by Crippen LogP contribution is -2.24. The molecule has 0 aliphatic heterocycles. The van der Waals surface area contributed by atoms with Gasteiger partial charge in [0.05, 0.1) is 5.56 Å². The highest BCUT2D eigenvalue weighted by Crippen LogP contribution is 2.35. The van der Waals surface area contributed by atoms with Gasteiger partial charge in [-0.15, -0.1) is 0 Å². The summed E-state index contributed by atoms with van der Waals surface area (Å²) < 4.78 is 0. The SMILES string of the molecule is CC1(C)CCc2[nH]cc(C(N)=O)c2C1. The zero-order valence-electron chi connectivity index (χ0n) is 8.68. The third-order valence-corrected chi connectivity index (χ3v) is 3.05. The van der Waals surface area contributed by atoms with Gasteiger partial charge in [-0.2, -0.15) is 0 Å². The molecule has 1 aliphatic rings. The molecule has 0 radical (unpaired) electrons. The summed E-state index contributed by atoms with van der Waals surface area (Å²) in [7, 11) is 0. The predicted octanol–water partition coefficient (Wildman–Crippen LogP) is 1.63. The molecule has 1 amide bonds. The maximum absolute atomic E-state index is 11.1. The van der Waals surface area contributed by atoms with Gasteiger partial charge in [0.25, 0.3) is 5.91 Å². The van der Waals surface area contributed by atoms with Gasteiger partial charge in [0.15, 0.2) is 0 Å². The highest BCUT2D eigenvalue weighted by Gasteiger charge is 2.29. The summed E-state index contributed by atoms with van der Waals surface area (Å²) in [4.78, 5) is 14.3. The number of aromatic nitrogens is 1. The summed E-state index contributed by atoms with van der Waals surface area (Å²) in [5, 5.41) is 0. The third kappa shape index (κ3) is 1.43. The Bertz CT molecular complexity index is 377. The molecule has 3 nitrogen and oxygen atoms in total. The fraction of sp³-hybridized carbons (Fsp3) is 0.545. The predicted molar refractivity (Wildman–Crippen MR) is 55.1 cm³/mol. The minimum atomic E-state index is -0.319. The van der Waals surface area contributed by atoms with Crippen molar-refractivity contribution in [3.63, 3.8) is 0 Å². The van der Waals surface area contributed by atoms with Gasteiger partial charge in [0.1, 0.15) is 0 Å². The van der Waals surface area contributed by atoms with Crippen molar-refractivity contribution in [1.82, 2.24) is 4.98 Å². The average Bonchev–Trinajstić information content (AvgIpc) is 2.44. The normalized spacial score (nSPS) is 19.0. The third-order valence-electron chi connectivity index (χ3n) is 3.05. The molecule has 0 fully saturated rings. The number of aromatic amines is 1. The van der Waals surface area contributed by atoms with Crippen LogP contribution >= 0.6 is 0 Å². The molecular weight excluding hydrogens is 176 g/mol. The number of hydrogen-bond donors (Lipinski definition) is 2. The van der Waals surface area contributed by atoms with Crippen molar-refractivity contribution in [2.45, 2.75) is 33.1 Å². The lowest BCUT2D eigenvalue weighted by Gasteiger charge is -2.29. The number of fused-ring (bicyclic) bond motifs is 1. The van der Waals surface area contributed by atoms with E-state index in [4.69, 9.17) is 5.73 Å². The maximum atomic E-state index is 11.1. The van der Waals surface area contributed by atoms with E-state index < -0.39 is 0 Å². The first-order valence-corrected chi connectivity index (χ1v) is 4.98. The van der Waals surface area contributed by atoms with Crippen molar-refractivity contribution in [3.8, 4) is 0 Å². The van der Waals surface area contributed by atoms with Crippen LogP contribution in [0.4, 0.5) is 0 Å². The van der Waals surface area contributed by atoms with Crippen LogP contribution in [0.15, 0.2) is 6.20 Å². The summed E-state index contributed by atoms with van der Waals surface area (Å²) in [5.41, 5.74) is 8.60. The molecule has 3 N–H and O–H groups in total. The fourth-order valence-electron chi connectivity index (χ4n) is 2.17. The molecular formula is C11H16N2O. The Labute approximate surface area is 83.7 Å². The van der Waals surface area contributed by atoms with Crippen LogP contribution in [0.5, 0.6) is 0 Å². The molecule has 2 rings (SSSR count). The first-order chi connectivity index (χ1) is 6.49. The summed E-state index contributed by atoms with van der Waals surface area (Å²) in [6.07, 6.45) is 4.88. The topological polar surface area (TPSA) is 58.9 Å². The summed E-state index contributed by atoms with van der Waals surface area (Å²) in [6, 6.07) is 0. The van der Waals surface area contributed by atoms with E-state index in [9.17, 15) is 4.79 Å². The van der Waals surface area contributed by atoms with Crippen LogP contribution in [0.1, 0.15) is 41.9 Å². The van der Waals surface area contributed by atoms with Crippen molar-refractivity contribution in [2.24, 2.45) is 11.1 Å². The Morgan fingerprint density at radius 2 is 2.29 bits per heavy atom. The molecule has 0 saturated heterocycles. The second kappa shape index (κ2) is 2.87. The maximum Gasteiger partial charge on any atom is 0.250 e. The van der Waals surface area contributed by atoms with Gasteiger partial charge in [-0.3, -0.25) is 4.79 Å². The summed E-state index contributed by atoms with van der Waals surface area (Å²) in [5.74, 6) is -0.319. The number of nitrogens with one attached hydrogen (secondary N) is 1. The van der Waals surface area contributed by atoms with Gasteiger partial charge < -0.3 is 10.7 Å². The molecule has 0 bridgehead atoms. The Morgan fingerprint density at radius 1 is 1.57 bits per heavy atom. The number of carbonyl (C=O) groups is 1. The minimum absolute atomic E-state index is 0.291. The van der Waals surface area contributed by atoms with Crippen molar-refractivity contribution >= 4 is 5.91 Å². The monoisotopic (exact) mass is 192 g/mol. The van der Waals surface area contributed by atoms with E-state index in [0.717, 1.165) is 18.4 Å². The standard InChI is InChI=1S/C11H16N2O/c1-11(2)4-3-9-7(5-11)8(6-13-9)10(12)14/h6,13H,3-5H2,1-2H3,(H2,12,14). The van der Waals surface area contributed by atoms with E-state index in [1.807, 2.05) is 0 Å². The zero-order chi connectivity index (χ0) is 10.3. The van der Waals surface area contributed by atoms with Crippen molar-refractivity contribution in [3.05, 3.63) is 23.0 Å². The van der Waals surface area contributed by atoms with Crippen LogP contribution in [0.3, 0.4) is 0 Å². The lowest BCUT2D eigenvalue weighted by molar-refractivity contribution is 0.0999. The van der Waals surface area contributed by atoms with Gasteiger partial charge in [-0.25, -0.2) is 0 Å². The van der Waals surface area contributed by atoms with E-state index in [2.05, 4.69) is 18.8 Å². The van der Waals surface area contributed by atoms with Crippen molar-refractivity contribution in [2.75, 3.05) is 0 Å². The molecule has 0 spiro atoms. The van der Waals surface area contributed by atoms with Gasteiger partial charge in [0, 0.05) is 11.9 Å². The Hall–Kier alpha value is -1.25. The Balaban J connectivity index is 2.42. The van der Waals surface area contributed by atoms with Gasteiger partial charge in [0.2, 0.25) is 0 Å². The van der Waals surface area contributed by atoms with Crippen molar-refractivity contribution in [1.29, 1.82) is 0 Å². The van der Waals surface area contributed by atoms with Crippen LogP contribution in [0.25, 0.3) is 0 Å². The molecule has 14 heavy (non-hydrogen) atoms. The number of carbonyl (C=O) groups excluding carboxylic acids is 1. The Morgan fingerprint density at radius 3 is 2.93 bits per heavy atom. The second-order valence-electron chi connectivity index (χ2n) is 4.86. The summed E-state index contributed by atoms with van der Waals surface area (Å²) >= 11 is 0. The van der Waals surface area contributed by atoms with E-state index in [0.29, 0.717) is 11.0 Å². The van der Waals surface area contributed by atoms with Crippen LogP contribution < -0.4 is 5.73 Å². The fourth-order valence-corrected chi connectivity index (χ4v) is 2.17. The molecule has 1 heterocycles. The zero-order valence-corrected chi connectivity index (χ0v) is 8.68. The number of amides is 1. The molecule has 1 aliphatic carbocycles. The molecule has 0 unspecified atom stereocenters. The number of primary amides is 1. The molecule has 0 saturated carbocycles. The number of H-pyrrole nitrogens is 1. The smallest absolute Gasteiger partial charge is 0.250 e. The number of rotatable bonds is 1. The largest absolute Gasteiger partial charge is 0.366 e. The van der Waals surface area contributed by atoms with Crippen LogP contribution in [0.2, 0.25) is 0 Å². The summed E-state index contributed by atoms with van der Waals surface area (Å²) in [6.45, 7) is 4.46. The average molecular weight is 192 g/mol. The van der Waals surface area contributed by atoms with E-state index >= 15 is 0 Å². The molecule has 0 atom stereocenters. The van der Waals surface area contributed by atoms with E-state index in [-0.39, 0.29) is 5.91 Å². The number of nitrogens with two attached hydrogens (primary N) is 1. The van der Waals surface area contributed by atoms with Gasteiger partial charge in [-0.1, -0.05) is 13.8 Å². The first-order valence-electron chi connectivity index (χ1n) is 4.98. The number of hydrogen-bond acceptors (Lipinski definition) is 1. The van der Waals surface area contributed by atoms with Gasteiger partial charge >= 0.3 is 0 Å². The van der Waals surface area contributed by atoms with Crippen LogP contribution in [0, 0.1) is 5.41 Å². The number of aryl methyl sites for hydroxylation is 1. The molecule has 0 aromatic carbocycles. The van der Waals surface area contributed by atoms with Crippen molar-refractivity contribution < 1.29 is 4.79 Å². The van der Waals surface area contributed by atoms with Crippen LogP contribution in [-0.2, 0) is 12.8 Å². The quantitative estimate of drug-likeness (QED) is 0.698.